The normalized spacial score (nSPS) is 21.5. The molecule has 0 radical (unpaired) electrons. The van der Waals surface area contributed by atoms with Gasteiger partial charge in [0.05, 0.1) is 14.1 Å². The Labute approximate surface area is 144 Å². The van der Waals surface area contributed by atoms with Crippen molar-refractivity contribution in [2.24, 2.45) is 0 Å². The zero-order valence-electron chi connectivity index (χ0n) is 14.9. The summed E-state index contributed by atoms with van der Waals surface area (Å²) >= 11 is 0. The Bertz CT molecular complexity index is 674. The van der Waals surface area contributed by atoms with Crippen molar-refractivity contribution < 1.29 is 14.3 Å². The average molecular weight is 344 g/mol. The molecule has 1 fully saturated rings. The molecule has 1 saturated heterocycles. The number of amides is 2. The highest BCUT2D eigenvalue weighted by molar-refractivity contribution is 6.91. The average Bonchev–Trinajstić information content (AvgIpc) is 2.84. The van der Waals surface area contributed by atoms with Gasteiger partial charge >= 0.3 is 6.09 Å². The van der Waals surface area contributed by atoms with Crippen molar-refractivity contribution in [3.8, 4) is 6.07 Å². The van der Waals surface area contributed by atoms with Crippen LogP contribution in [0.5, 0.6) is 0 Å². The first-order chi connectivity index (χ1) is 11.1. The molecule has 0 saturated carbocycles. The molecular formula is C18H24N2O3Si. The Hall–Kier alpha value is -2.13. The molecule has 2 atom stereocenters. The first-order valence-corrected chi connectivity index (χ1v) is 11.2. The lowest BCUT2D eigenvalue weighted by Crippen LogP contribution is -2.51. The van der Waals surface area contributed by atoms with Crippen LogP contribution in [0.25, 0.3) is 0 Å². The molecule has 24 heavy (non-hydrogen) atoms. The number of hydrogen-bond donors (Lipinski definition) is 0. The molecule has 0 spiro atoms. The third-order valence-corrected chi connectivity index (χ3v) is 8.68. The number of imide groups is 1. The summed E-state index contributed by atoms with van der Waals surface area (Å²) in [6, 6.07) is 11.4. The van der Waals surface area contributed by atoms with Crippen molar-refractivity contribution in [3.05, 3.63) is 30.3 Å². The zero-order chi connectivity index (χ0) is 18.1. The van der Waals surface area contributed by atoms with Gasteiger partial charge in [0, 0.05) is 12.0 Å². The van der Waals surface area contributed by atoms with E-state index < -0.39 is 25.8 Å². The van der Waals surface area contributed by atoms with Crippen LogP contribution < -0.4 is 5.19 Å². The number of nitriles is 1. The van der Waals surface area contributed by atoms with Gasteiger partial charge in [-0.15, -0.1) is 0 Å². The Kier molecular flexibility index (Phi) is 4.86. The lowest BCUT2D eigenvalue weighted by Gasteiger charge is -2.32. The van der Waals surface area contributed by atoms with Crippen molar-refractivity contribution in [3.63, 3.8) is 0 Å². The Balaban J connectivity index is 2.33. The minimum Gasteiger partial charge on any atom is -0.443 e. The van der Waals surface area contributed by atoms with Gasteiger partial charge < -0.3 is 4.74 Å². The van der Waals surface area contributed by atoms with Crippen LogP contribution in [0.1, 0.15) is 27.2 Å². The third kappa shape index (κ3) is 3.51. The van der Waals surface area contributed by atoms with E-state index in [1.165, 1.54) is 5.19 Å². The summed E-state index contributed by atoms with van der Waals surface area (Å²) in [5.74, 6) is -0.322. The molecule has 2 rings (SSSR count). The molecule has 0 aromatic heterocycles. The van der Waals surface area contributed by atoms with E-state index in [0.29, 0.717) is 0 Å². The SMILES string of the molecule is CC(C)(C)OC(=O)N1C(=O)C[C@@H]([Si](C)(C)c2ccccc2)[C@@H]1C#N. The molecule has 6 heteroatoms. The molecule has 1 heterocycles. The number of likely N-dealkylation sites (tertiary alicyclic amines) is 1. The van der Waals surface area contributed by atoms with Gasteiger partial charge in [-0.3, -0.25) is 4.79 Å². The highest BCUT2D eigenvalue weighted by atomic mass is 28.3. The molecule has 0 bridgehead atoms. The largest absolute Gasteiger partial charge is 0.443 e. The zero-order valence-corrected chi connectivity index (χ0v) is 15.9. The number of nitrogens with zero attached hydrogens (tertiary/aromatic N) is 2. The maximum absolute atomic E-state index is 12.5. The Morgan fingerprint density at radius 2 is 1.88 bits per heavy atom. The lowest BCUT2D eigenvalue weighted by atomic mass is 10.2. The summed E-state index contributed by atoms with van der Waals surface area (Å²) in [4.78, 5) is 25.9. The minimum absolute atomic E-state index is 0.148. The molecule has 1 aliphatic rings. The molecule has 1 aliphatic heterocycles. The summed E-state index contributed by atoms with van der Waals surface area (Å²) < 4.78 is 5.32. The predicted octanol–water partition coefficient (Wildman–Crippen LogP) is 3.03. The van der Waals surface area contributed by atoms with Crippen molar-refractivity contribution >= 4 is 25.3 Å². The summed E-state index contributed by atoms with van der Waals surface area (Å²) in [6.45, 7) is 9.51. The van der Waals surface area contributed by atoms with Crippen molar-refractivity contribution in [1.29, 1.82) is 5.26 Å². The predicted molar refractivity (Wildman–Crippen MR) is 94.4 cm³/mol. The minimum atomic E-state index is -2.11. The highest BCUT2D eigenvalue weighted by Gasteiger charge is 2.52. The molecule has 128 valence electrons. The van der Waals surface area contributed by atoms with Gasteiger partial charge in [-0.2, -0.15) is 5.26 Å². The van der Waals surface area contributed by atoms with Crippen LogP contribution in [-0.4, -0.2) is 36.6 Å². The van der Waals surface area contributed by atoms with Gasteiger partial charge in [0.15, 0.2) is 0 Å². The van der Waals surface area contributed by atoms with E-state index in [4.69, 9.17) is 4.74 Å². The molecule has 5 nitrogen and oxygen atoms in total. The van der Waals surface area contributed by atoms with Crippen LogP contribution >= 0.6 is 0 Å². The Morgan fingerprint density at radius 1 is 1.29 bits per heavy atom. The molecule has 0 N–H and O–H groups in total. The second-order valence-corrected chi connectivity index (χ2v) is 12.5. The third-order valence-electron chi connectivity index (χ3n) is 4.49. The fourth-order valence-electron chi connectivity index (χ4n) is 3.14. The summed E-state index contributed by atoms with van der Waals surface area (Å²) in [5.41, 5.74) is -0.855. The van der Waals surface area contributed by atoms with E-state index in [1.807, 2.05) is 30.3 Å². The van der Waals surface area contributed by atoms with E-state index in [-0.39, 0.29) is 17.9 Å². The van der Waals surface area contributed by atoms with Gasteiger partial charge in [0.2, 0.25) is 5.91 Å². The highest BCUT2D eigenvalue weighted by Crippen LogP contribution is 2.39. The molecule has 1 aromatic carbocycles. The maximum atomic E-state index is 12.5. The fraction of sp³-hybridized carbons (Fsp3) is 0.500. The van der Waals surface area contributed by atoms with Crippen LogP contribution in [0.2, 0.25) is 18.6 Å². The number of benzene rings is 1. The number of hydrogen-bond acceptors (Lipinski definition) is 4. The first kappa shape index (κ1) is 18.2. The number of carbonyl (C=O) groups excluding carboxylic acids is 2. The molecule has 2 amide bonds. The topological polar surface area (TPSA) is 70.4 Å². The smallest absolute Gasteiger partial charge is 0.418 e. The second kappa shape index (κ2) is 6.40. The van der Waals surface area contributed by atoms with E-state index in [1.54, 1.807) is 20.8 Å². The van der Waals surface area contributed by atoms with Gasteiger partial charge in [-0.1, -0.05) is 48.6 Å². The second-order valence-electron chi connectivity index (χ2n) is 7.72. The van der Waals surface area contributed by atoms with E-state index in [2.05, 4.69) is 19.2 Å². The first-order valence-electron chi connectivity index (χ1n) is 8.08. The Morgan fingerprint density at radius 3 is 2.38 bits per heavy atom. The van der Waals surface area contributed by atoms with Crippen LogP contribution in [0, 0.1) is 11.3 Å². The molecular weight excluding hydrogens is 320 g/mol. The summed E-state index contributed by atoms with van der Waals surface area (Å²) in [7, 11) is -2.11. The van der Waals surface area contributed by atoms with E-state index in [0.717, 1.165) is 4.90 Å². The van der Waals surface area contributed by atoms with Gasteiger partial charge in [0.1, 0.15) is 11.6 Å². The van der Waals surface area contributed by atoms with Gasteiger partial charge in [-0.05, 0) is 20.8 Å². The molecule has 1 aromatic rings. The van der Waals surface area contributed by atoms with Crippen LogP contribution in [0.3, 0.4) is 0 Å². The van der Waals surface area contributed by atoms with Crippen LogP contribution in [0.15, 0.2) is 30.3 Å². The quantitative estimate of drug-likeness (QED) is 0.773. The van der Waals surface area contributed by atoms with Crippen LogP contribution in [-0.2, 0) is 9.53 Å². The standard InChI is InChI=1S/C18H24N2O3Si/c1-18(2,3)23-17(22)20-14(12-19)15(11-16(20)21)24(4,5)13-9-7-6-8-10-13/h6-10,14-15H,11H2,1-5H3/t14-,15+/m0/s1. The number of carbonyl (C=O) groups is 2. The van der Waals surface area contributed by atoms with Crippen LogP contribution in [0.4, 0.5) is 4.79 Å². The summed E-state index contributed by atoms with van der Waals surface area (Å²) in [6.07, 6.45) is -0.509. The van der Waals surface area contributed by atoms with Crippen molar-refractivity contribution in [2.45, 2.75) is 57.5 Å². The lowest BCUT2D eigenvalue weighted by molar-refractivity contribution is -0.127. The fourth-order valence-corrected chi connectivity index (χ4v) is 6.32. The van der Waals surface area contributed by atoms with Crippen molar-refractivity contribution in [2.75, 3.05) is 0 Å². The summed E-state index contributed by atoms with van der Waals surface area (Å²) in [5, 5.41) is 10.8. The van der Waals surface area contributed by atoms with E-state index >= 15 is 0 Å². The van der Waals surface area contributed by atoms with Gasteiger partial charge in [0.25, 0.3) is 0 Å². The number of ether oxygens (including phenoxy) is 1. The van der Waals surface area contributed by atoms with Crippen molar-refractivity contribution in [1.82, 2.24) is 4.90 Å². The van der Waals surface area contributed by atoms with E-state index in [9.17, 15) is 14.9 Å². The van der Waals surface area contributed by atoms with Gasteiger partial charge in [-0.25, -0.2) is 9.69 Å². The maximum Gasteiger partial charge on any atom is 0.418 e. The monoisotopic (exact) mass is 344 g/mol. The molecule has 0 aliphatic carbocycles. The molecule has 0 unspecified atom stereocenters. The number of rotatable bonds is 2.